The summed E-state index contributed by atoms with van der Waals surface area (Å²) in [6.07, 6.45) is 2.81. The molecule has 0 unspecified atom stereocenters. The maximum Gasteiger partial charge on any atom is 0.180 e. The number of benzene rings is 1. The van der Waals surface area contributed by atoms with E-state index in [1.54, 1.807) is 5.06 Å². The first-order chi connectivity index (χ1) is 12.5. The van der Waals surface area contributed by atoms with Crippen LogP contribution in [-0.2, 0) is 18.0 Å². The molecule has 0 spiro atoms. The molecule has 1 aliphatic rings. The van der Waals surface area contributed by atoms with Crippen molar-refractivity contribution in [1.82, 2.24) is 15.4 Å². The van der Waals surface area contributed by atoms with Crippen LogP contribution in [0.3, 0.4) is 0 Å². The van der Waals surface area contributed by atoms with Gasteiger partial charge in [0, 0.05) is 6.04 Å². The van der Waals surface area contributed by atoms with E-state index < -0.39 is 0 Å². The fraction of sp³-hybridized carbons (Fsp3) is 0.421. The zero-order valence-corrected chi connectivity index (χ0v) is 16.0. The van der Waals surface area contributed by atoms with Crippen LogP contribution in [0.15, 0.2) is 36.5 Å². The van der Waals surface area contributed by atoms with Crippen molar-refractivity contribution in [3.63, 3.8) is 0 Å². The number of hydrogen-bond acceptors (Lipinski definition) is 7. The van der Waals surface area contributed by atoms with Crippen molar-refractivity contribution in [1.29, 1.82) is 0 Å². The van der Waals surface area contributed by atoms with Crippen molar-refractivity contribution in [3.8, 4) is 0 Å². The summed E-state index contributed by atoms with van der Waals surface area (Å²) >= 11 is 1.46. The summed E-state index contributed by atoms with van der Waals surface area (Å²) < 4.78 is 0. The Morgan fingerprint density at radius 2 is 2.12 bits per heavy atom. The highest BCUT2D eigenvalue weighted by molar-refractivity contribution is 7.16. The Hall–Kier alpha value is -2.09. The topological polar surface area (TPSA) is 83.6 Å². The van der Waals surface area contributed by atoms with Crippen LogP contribution in [-0.4, -0.2) is 27.8 Å². The highest BCUT2D eigenvalue weighted by atomic mass is 32.1. The summed E-state index contributed by atoms with van der Waals surface area (Å²) in [6, 6.07) is 10.0. The molecular weight excluding hydrogens is 348 g/mol. The molecular formula is C19H26N4O2S. The average molecular weight is 375 g/mol. The number of nitrogens with one attached hydrogen (secondary N) is 1. The van der Waals surface area contributed by atoms with Crippen LogP contribution >= 0.6 is 11.3 Å². The van der Waals surface area contributed by atoms with E-state index in [0.29, 0.717) is 24.2 Å². The van der Waals surface area contributed by atoms with Gasteiger partial charge in [-0.25, -0.2) is 4.98 Å². The molecule has 4 N–H and O–H groups in total. The van der Waals surface area contributed by atoms with Crippen LogP contribution in [0.1, 0.15) is 36.4 Å². The first-order valence-corrected chi connectivity index (χ1v) is 9.65. The second kappa shape index (κ2) is 8.53. The summed E-state index contributed by atoms with van der Waals surface area (Å²) in [4.78, 5) is 11.4. The van der Waals surface area contributed by atoms with Crippen molar-refractivity contribution in [2.75, 3.05) is 12.3 Å². The van der Waals surface area contributed by atoms with Crippen LogP contribution in [0, 0.1) is 5.92 Å². The van der Waals surface area contributed by atoms with E-state index in [1.807, 2.05) is 36.5 Å². The van der Waals surface area contributed by atoms with Crippen molar-refractivity contribution in [2.24, 2.45) is 5.92 Å². The number of hydrogen-bond donors (Lipinski definition) is 3. The maximum atomic E-state index is 9.71. The van der Waals surface area contributed by atoms with Crippen molar-refractivity contribution < 1.29 is 9.94 Å². The zero-order valence-electron chi connectivity index (χ0n) is 15.2. The molecule has 0 saturated heterocycles. The number of aromatic nitrogens is 1. The van der Waals surface area contributed by atoms with E-state index in [9.17, 15) is 5.11 Å². The van der Waals surface area contributed by atoms with Crippen LogP contribution in [0.25, 0.3) is 5.70 Å². The van der Waals surface area contributed by atoms with Gasteiger partial charge in [0.1, 0.15) is 0 Å². The molecule has 7 heteroatoms. The second-order valence-electron chi connectivity index (χ2n) is 6.86. The summed E-state index contributed by atoms with van der Waals surface area (Å²) in [5.41, 5.74) is 8.81. The SMILES string of the molecule is CC(C)C[C@H](CO)NC1=CN(OCc2ccccc2)Cc2nc(N)sc21. The molecule has 1 aliphatic heterocycles. The molecule has 1 atom stereocenters. The number of fused-ring (bicyclic) bond motifs is 1. The predicted octanol–water partition coefficient (Wildman–Crippen LogP) is 2.97. The van der Waals surface area contributed by atoms with E-state index in [0.717, 1.165) is 28.3 Å². The van der Waals surface area contributed by atoms with Crippen molar-refractivity contribution >= 4 is 22.2 Å². The van der Waals surface area contributed by atoms with Crippen LogP contribution in [0.2, 0.25) is 0 Å². The summed E-state index contributed by atoms with van der Waals surface area (Å²) in [5.74, 6) is 0.486. The molecule has 0 amide bonds. The molecule has 140 valence electrons. The Balaban J connectivity index is 1.75. The van der Waals surface area contributed by atoms with E-state index in [1.165, 1.54) is 11.3 Å². The molecule has 26 heavy (non-hydrogen) atoms. The van der Waals surface area contributed by atoms with Gasteiger partial charge in [0.15, 0.2) is 5.13 Å². The zero-order chi connectivity index (χ0) is 18.5. The number of anilines is 1. The quantitative estimate of drug-likeness (QED) is 0.659. The van der Waals surface area contributed by atoms with E-state index in [4.69, 9.17) is 10.6 Å². The van der Waals surface area contributed by atoms with Crippen LogP contribution in [0.4, 0.5) is 5.13 Å². The second-order valence-corrected chi connectivity index (χ2v) is 7.89. The van der Waals surface area contributed by atoms with E-state index >= 15 is 0 Å². The Labute approximate surface area is 158 Å². The smallest absolute Gasteiger partial charge is 0.180 e. The number of aliphatic hydroxyl groups is 1. The molecule has 0 radical (unpaired) electrons. The minimum atomic E-state index is -0.0218. The maximum absolute atomic E-state index is 9.71. The van der Waals surface area contributed by atoms with Gasteiger partial charge in [-0.1, -0.05) is 55.5 Å². The Bertz CT molecular complexity index is 745. The number of nitrogens with zero attached hydrogens (tertiary/aromatic N) is 2. The normalized spacial score (nSPS) is 14.9. The number of hydroxylamine groups is 2. The van der Waals surface area contributed by atoms with Gasteiger partial charge in [0.2, 0.25) is 0 Å². The highest BCUT2D eigenvalue weighted by Crippen LogP contribution is 2.32. The van der Waals surface area contributed by atoms with Gasteiger partial charge in [-0.05, 0) is 17.9 Å². The molecule has 0 bridgehead atoms. The Morgan fingerprint density at radius 3 is 2.81 bits per heavy atom. The third-order valence-electron chi connectivity index (χ3n) is 4.11. The van der Waals surface area contributed by atoms with Gasteiger partial charge >= 0.3 is 0 Å². The largest absolute Gasteiger partial charge is 0.394 e. The molecule has 0 aliphatic carbocycles. The lowest BCUT2D eigenvalue weighted by atomic mass is 10.0. The lowest BCUT2D eigenvalue weighted by molar-refractivity contribution is -0.140. The van der Waals surface area contributed by atoms with Crippen LogP contribution in [0.5, 0.6) is 0 Å². The number of nitrogens with two attached hydrogens (primary N) is 1. The first-order valence-electron chi connectivity index (χ1n) is 8.83. The fourth-order valence-corrected chi connectivity index (χ4v) is 3.78. The van der Waals surface area contributed by atoms with Gasteiger partial charge in [0.05, 0.1) is 42.2 Å². The molecule has 0 fully saturated rings. The Kier molecular flexibility index (Phi) is 6.13. The van der Waals surface area contributed by atoms with Crippen molar-refractivity contribution in [3.05, 3.63) is 52.7 Å². The summed E-state index contributed by atoms with van der Waals surface area (Å²) in [7, 11) is 0. The number of aliphatic hydroxyl groups excluding tert-OH is 1. The van der Waals surface area contributed by atoms with Crippen LogP contribution < -0.4 is 11.1 Å². The lowest BCUT2D eigenvalue weighted by Gasteiger charge is -2.28. The van der Waals surface area contributed by atoms with Crippen molar-refractivity contribution in [2.45, 2.75) is 39.5 Å². The minimum Gasteiger partial charge on any atom is -0.394 e. The lowest BCUT2D eigenvalue weighted by Crippen LogP contribution is -2.35. The molecule has 6 nitrogen and oxygen atoms in total. The minimum absolute atomic E-state index is 0.0218. The van der Waals surface area contributed by atoms with Gasteiger partial charge in [-0.3, -0.25) is 9.90 Å². The van der Waals surface area contributed by atoms with E-state index in [-0.39, 0.29) is 12.6 Å². The monoisotopic (exact) mass is 374 g/mol. The highest BCUT2D eigenvalue weighted by Gasteiger charge is 2.24. The number of rotatable bonds is 8. The molecule has 3 rings (SSSR count). The number of nitrogen functional groups attached to an aromatic ring is 1. The third-order valence-corrected chi connectivity index (χ3v) is 5.07. The standard InChI is InChI=1S/C19H26N4O2S/c1-13(2)8-15(11-24)21-16-9-23(10-17-18(16)26-19(20)22-17)25-12-14-6-4-3-5-7-14/h3-7,9,13,15,21,24H,8,10-12H2,1-2H3,(H2,20,22)/t15-/m1/s1. The fourth-order valence-electron chi connectivity index (χ4n) is 2.97. The molecule has 2 heterocycles. The molecule has 2 aromatic rings. The molecule has 1 aromatic carbocycles. The molecule has 0 saturated carbocycles. The Morgan fingerprint density at radius 1 is 1.35 bits per heavy atom. The van der Waals surface area contributed by atoms with Gasteiger partial charge < -0.3 is 16.2 Å². The number of thiazole rings is 1. The third kappa shape index (κ3) is 4.75. The van der Waals surface area contributed by atoms with Gasteiger partial charge in [0.25, 0.3) is 0 Å². The van der Waals surface area contributed by atoms with Gasteiger partial charge in [-0.2, -0.15) is 0 Å². The van der Waals surface area contributed by atoms with E-state index in [2.05, 4.69) is 24.1 Å². The summed E-state index contributed by atoms with van der Waals surface area (Å²) in [5, 5.41) is 15.5. The van der Waals surface area contributed by atoms with Gasteiger partial charge in [-0.15, -0.1) is 0 Å². The first kappa shape index (κ1) is 18.7. The molecule has 1 aromatic heterocycles. The average Bonchev–Trinajstić information content (AvgIpc) is 3.00. The summed E-state index contributed by atoms with van der Waals surface area (Å²) in [6.45, 7) is 5.39. The predicted molar refractivity (Wildman–Crippen MR) is 105 cm³/mol.